The van der Waals surface area contributed by atoms with Crippen molar-refractivity contribution in [2.24, 2.45) is 13.0 Å². The fourth-order valence-electron chi connectivity index (χ4n) is 8.85. The van der Waals surface area contributed by atoms with E-state index in [-0.39, 0.29) is 39.4 Å². The van der Waals surface area contributed by atoms with Gasteiger partial charge in [0.25, 0.3) is 22.6 Å². The van der Waals surface area contributed by atoms with Crippen molar-refractivity contribution >= 4 is 82.6 Å². The van der Waals surface area contributed by atoms with Gasteiger partial charge >= 0.3 is 43.3 Å². The number of nitrogens with two attached hydrogens (primary N) is 3. The highest BCUT2D eigenvalue weighted by atomic mass is 31.3. The van der Waals surface area contributed by atoms with Crippen molar-refractivity contribution in [1.29, 1.82) is 0 Å². The van der Waals surface area contributed by atoms with Crippen LogP contribution in [0.3, 0.4) is 0 Å². The van der Waals surface area contributed by atoms with Crippen LogP contribution >= 0.6 is 31.3 Å². The van der Waals surface area contributed by atoms with Gasteiger partial charge < -0.3 is 71.0 Å². The van der Waals surface area contributed by atoms with E-state index in [1.807, 2.05) is 0 Å². The molecule has 81 heavy (non-hydrogen) atoms. The lowest BCUT2D eigenvalue weighted by Gasteiger charge is -2.26. The van der Waals surface area contributed by atoms with Crippen molar-refractivity contribution in [3.8, 4) is 0 Å². The Morgan fingerprint density at radius 1 is 0.667 bits per heavy atom. The van der Waals surface area contributed by atoms with E-state index in [0.717, 1.165) is 39.8 Å². The molecule has 446 valence electrons. The van der Waals surface area contributed by atoms with E-state index >= 15 is 0 Å². The topological polar surface area (TPSA) is 571 Å². The number of aromatic amines is 3. The van der Waals surface area contributed by atoms with Crippen molar-refractivity contribution < 1.29 is 121 Å². The second-order valence-electron chi connectivity index (χ2n) is 17.6. The van der Waals surface area contributed by atoms with Gasteiger partial charge in [0.2, 0.25) is 23.6 Å². The van der Waals surface area contributed by atoms with Gasteiger partial charge in [-0.25, -0.2) is 32.8 Å². The molecule has 9 rings (SSSR count). The summed E-state index contributed by atoms with van der Waals surface area (Å²) < 4.78 is 152. The number of hydrogen-bond acceptors (Lipinski definition) is 29. The molecule has 0 radical (unpaired) electrons. The molecular weight excluding hydrogens is 1200 g/mol. The normalized spacial score (nSPS) is 29.3. The van der Waals surface area contributed by atoms with Crippen LogP contribution in [0, 0.1) is 5.92 Å². The number of aromatic nitrogens is 12. The summed E-state index contributed by atoms with van der Waals surface area (Å²) in [6.45, 7) is -5.19. The van der Waals surface area contributed by atoms with Gasteiger partial charge in [-0.05, 0) is 0 Å². The zero-order valence-corrected chi connectivity index (χ0v) is 44.2. The molecule has 9 heterocycles. The molecule has 0 bridgehead atoms. The van der Waals surface area contributed by atoms with E-state index in [9.17, 15) is 80.7 Å². The number of H-pyrrole nitrogens is 3. The lowest BCUT2D eigenvalue weighted by molar-refractivity contribution is -0.745. The largest absolute Gasteiger partial charge is 0.522 e. The summed E-state index contributed by atoms with van der Waals surface area (Å²) in [5.74, 6) is -3.02. The minimum atomic E-state index is -6.38. The third kappa shape index (κ3) is 12.7. The highest BCUT2D eigenvalue weighted by Crippen LogP contribution is 2.68. The van der Waals surface area contributed by atoms with E-state index in [1.165, 1.54) is 11.6 Å². The van der Waals surface area contributed by atoms with E-state index in [0.29, 0.717) is 0 Å². The van der Waals surface area contributed by atoms with Gasteiger partial charge in [0.05, 0.1) is 52.2 Å². The van der Waals surface area contributed by atoms with Crippen molar-refractivity contribution in [3.63, 3.8) is 0 Å². The number of aliphatic hydroxyl groups is 3. The first-order valence-electron chi connectivity index (χ1n) is 22.6. The first-order chi connectivity index (χ1) is 37.7. The number of alkyl halides is 3. The number of phosphoric acid groups is 4. The van der Waals surface area contributed by atoms with E-state index in [4.69, 9.17) is 54.2 Å². The average Bonchev–Trinajstić information content (AvgIpc) is 4.41. The van der Waals surface area contributed by atoms with Crippen LogP contribution in [0.4, 0.5) is 31.0 Å². The Balaban J connectivity index is 0.885. The van der Waals surface area contributed by atoms with Crippen LogP contribution in [-0.2, 0) is 75.7 Å². The molecule has 47 heteroatoms. The van der Waals surface area contributed by atoms with Crippen LogP contribution in [0.2, 0.25) is 0 Å². The van der Waals surface area contributed by atoms with Gasteiger partial charge in [0.15, 0.2) is 41.1 Å². The van der Waals surface area contributed by atoms with E-state index < -0.39 is 166 Å². The lowest BCUT2D eigenvalue weighted by Crippen LogP contribution is -2.46. The lowest BCUT2D eigenvalue weighted by atomic mass is 9.99. The quantitative estimate of drug-likeness (QED) is 0.0244. The van der Waals surface area contributed by atoms with Crippen molar-refractivity contribution in [2.75, 3.05) is 50.7 Å². The number of imidazole rings is 3. The van der Waals surface area contributed by atoms with Gasteiger partial charge in [-0.1, -0.05) is 4.98 Å². The molecule has 6 aromatic rings. The number of aliphatic hydroxyl groups excluding tert-OH is 3. The Hall–Kier alpha value is -5.56. The maximum absolute atomic E-state index is 13.7. The third-order valence-corrected chi connectivity index (χ3v) is 17.5. The second-order valence-corrected chi connectivity index (χ2v) is 23.6. The highest BCUT2D eigenvalue weighted by molar-refractivity contribution is 7.66. The number of rotatable bonds is 21. The van der Waals surface area contributed by atoms with Gasteiger partial charge in [0, 0.05) is 13.0 Å². The minimum absolute atomic E-state index is 0.154. The predicted octanol–water partition coefficient (Wildman–Crippen LogP) is -3.63. The van der Waals surface area contributed by atoms with Gasteiger partial charge in [-0.15, -0.1) is 13.2 Å². The summed E-state index contributed by atoms with van der Waals surface area (Å²) in [7, 11) is -21.8. The number of hydrogen-bond donors (Lipinski definition) is 13. The Bertz CT molecular complexity index is 3750. The molecule has 6 aromatic heterocycles. The summed E-state index contributed by atoms with van der Waals surface area (Å²) in [4.78, 5) is 107. The number of nitrogens with zero attached hydrogens (tertiary/aromatic N) is 9. The molecule has 16 N–H and O–H groups in total. The molecule has 0 spiro atoms. The summed E-state index contributed by atoms with van der Waals surface area (Å²) in [5.41, 5.74) is 13.2. The van der Waals surface area contributed by atoms with E-state index in [1.54, 1.807) is 0 Å². The summed E-state index contributed by atoms with van der Waals surface area (Å²) >= 11 is 0. The van der Waals surface area contributed by atoms with Gasteiger partial charge in [0.1, 0.15) is 42.7 Å². The van der Waals surface area contributed by atoms with Crippen LogP contribution in [0.15, 0.2) is 33.4 Å². The van der Waals surface area contributed by atoms with Crippen LogP contribution in [0.1, 0.15) is 18.7 Å². The number of anilines is 3. The number of halogens is 3. The molecular formula is C34H45F3N15O25P4+. The molecule has 0 amide bonds. The number of phosphoric ester groups is 3. The molecule has 3 saturated heterocycles. The predicted molar refractivity (Wildman–Crippen MR) is 251 cm³/mol. The SMILES string of the molecule is CO[C@@H]1[C@H](OP(=O)(O)OC[C@H]2O[C@@H](n3cnc4c(=O)[nH]c(N)nc43)[C@H](O)[C@@H]2O)[C@@H](COP(=O)(O)OP(=O)(O)OP(=O)(O)OC[C@H]2OC([n+]3cn(C)c4c(=O)[nH]c(N)nc43)[C@H](O)[C@@H]2COC(F)(F)F)O[C@H]1n1cnc2c(=O)[nH]c(N)nc21. The van der Waals surface area contributed by atoms with Gasteiger partial charge in [-0.3, -0.25) is 65.9 Å². The molecule has 0 aliphatic carbocycles. The van der Waals surface area contributed by atoms with Crippen LogP contribution in [0.25, 0.3) is 33.5 Å². The van der Waals surface area contributed by atoms with Crippen LogP contribution < -0.4 is 38.4 Å². The van der Waals surface area contributed by atoms with Crippen molar-refractivity contribution in [1.82, 2.24) is 53.6 Å². The molecule has 16 atom stereocenters. The average molecular weight is 1240 g/mol. The standard InChI is InChI=1S/C34H44F3N15O25P4/c1-49-9-52(24-16(49)27(58)48-33(40)45-24)28-17(53)10(3-68-34(35,36)37)11(72-28)4-70-79(61,62)76-81(65,66)77-80(63,64)71-6-13-20(21(67-2)30(74-13)51-8-42-15-23(51)44-32(39)47-26(15)57)75-78(59,60)69-5-12-18(54)19(55)29(73-12)50-7-41-14-22(50)43-31(38)46-25(14)56/h7-13,17-21,28-30,53-55H,3-6H2,1-2H3,(H12-,38,39,40,43,44,45,46,47,48,56,57,58,59,60,61,62,63,64,65,66)/p+1/t10-,11-,12-,13-,17-,18-,19-,20-,21-,28?,29-,30-/m1/s1. The first-order valence-corrected chi connectivity index (χ1v) is 28.5. The fraction of sp³-hybridized carbons (Fsp3) is 0.559. The molecule has 0 aromatic carbocycles. The monoisotopic (exact) mass is 1240 g/mol. The number of nitrogens with one attached hydrogen (secondary N) is 3. The zero-order valence-electron chi connectivity index (χ0n) is 40.6. The number of aryl methyl sites for hydroxylation is 1. The van der Waals surface area contributed by atoms with E-state index in [2.05, 4.69) is 53.2 Å². The molecule has 40 nitrogen and oxygen atoms in total. The van der Waals surface area contributed by atoms with Crippen molar-refractivity contribution in [2.45, 2.75) is 73.9 Å². The second kappa shape index (κ2) is 22.2. The molecule has 3 fully saturated rings. The highest BCUT2D eigenvalue weighted by Gasteiger charge is 2.54. The number of methoxy groups -OCH3 is 1. The Kier molecular flexibility index (Phi) is 16.5. The maximum Gasteiger partial charge on any atom is 0.522 e. The summed E-state index contributed by atoms with van der Waals surface area (Å²) in [5, 5.41) is 32.9. The zero-order chi connectivity index (χ0) is 59.1. The summed E-state index contributed by atoms with van der Waals surface area (Å²) in [6.07, 6.45) is -22.0. The molecule has 0 saturated carbocycles. The molecule has 3 aliphatic heterocycles. The Morgan fingerprint density at radius 3 is 1.74 bits per heavy atom. The molecule has 5 unspecified atom stereocenters. The Morgan fingerprint density at radius 2 is 1.17 bits per heavy atom. The smallest absolute Gasteiger partial charge is 0.387 e. The number of nitrogen functional groups attached to an aromatic ring is 3. The maximum atomic E-state index is 13.7. The minimum Gasteiger partial charge on any atom is -0.387 e. The van der Waals surface area contributed by atoms with Crippen molar-refractivity contribution in [3.05, 3.63) is 50.0 Å². The summed E-state index contributed by atoms with van der Waals surface area (Å²) in [6, 6.07) is 0. The fourth-order valence-corrected chi connectivity index (χ4v) is 13.3. The third-order valence-electron chi connectivity index (χ3n) is 12.2. The number of ether oxygens (including phenoxy) is 5. The molecule has 3 aliphatic rings. The Labute approximate surface area is 444 Å². The van der Waals surface area contributed by atoms with Gasteiger partial charge in [-0.2, -0.15) is 18.6 Å². The van der Waals surface area contributed by atoms with Crippen LogP contribution in [0.5, 0.6) is 0 Å². The number of fused-ring (bicyclic) bond motifs is 3. The first kappa shape index (κ1) is 60.0. The van der Waals surface area contributed by atoms with Crippen LogP contribution in [-0.4, -0.2) is 177 Å².